The van der Waals surface area contributed by atoms with Crippen LogP contribution in [0, 0.1) is 0 Å². The van der Waals surface area contributed by atoms with Crippen LogP contribution in [0.4, 0.5) is 5.13 Å². The second-order valence-corrected chi connectivity index (χ2v) is 5.23. The second-order valence-electron chi connectivity index (χ2n) is 3.80. The molecule has 0 saturated carbocycles. The van der Waals surface area contributed by atoms with Gasteiger partial charge >= 0.3 is 5.97 Å². The second kappa shape index (κ2) is 6.11. The molecule has 0 aliphatic heterocycles. The fourth-order valence-electron chi connectivity index (χ4n) is 1.67. The fourth-order valence-corrected chi connectivity index (χ4v) is 2.67. The molecule has 20 heavy (non-hydrogen) atoms. The van der Waals surface area contributed by atoms with Gasteiger partial charge in [0.1, 0.15) is 10.6 Å². The number of methoxy groups -OCH3 is 1. The largest absolute Gasteiger partial charge is 0.497 e. The third kappa shape index (κ3) is 2.86. The third-order valence-corrected chi connectivity index (χ3v) is 3.71. The molecule has 5 nitrogen and oxygen atoms in total. The van der Waals surface area contributed by atoms with Crippen LogP contribution in [0.3, 0.4) is 0 Å². The Morgan fingerprint density at radius 1 is 1.50 bits per heavy atom. The van der Waals surface area contributed by atoms with E-state index >= 15 is 0 Å². The molecule has 0 unspecified atom stereocenters. The van der Waals surface area contributed by atoms with Gasteiger partial charge in [-0.2, -0.15) is 0 Å². The first kappa shape index (κ1) is 14.6. The molecular weight excluding hydrogens is 300 g/mol. The summed E-state index contributed by atoms with van der Waals surface area (Å²) in [5, 5.41) is 0.718. The van der Waals surface area contributed by atoms with Gasteiger partial charge in [-0.05, 0) is 25.1 Å². The smallest absolute Gasteiger partial charge is 0.350 e. The van der Waals surface area contributed by atoms with Gasteiger partial charge in [0.25, 0.3) is 0 Å². The average molecular weight is 313 g/mol. The molecule has 2 N–H and O–H groups in total. The van der Waals surface area contributed by atoms with Crippen LogP contribution in [0.25, 0.3) is 11.3 Å². The summed E-state index contributed by atoms with van der Waals surface area (Å²) >= 11 is 7.28. The maximum absolute atomic E-state index is 11.9. The van der Waals surface area contributed by atoms with E-state index in [0.717, 1.165) is 11.3 Å². The lowest BCUT2D eigenvalue weighted by atomic mass is 10.1. The summed E-state index contributed by atoms with van der Waals surface area (Å²) in [5.74, 6) is 0.170. The topological polar surface area (TPSA) is 74.4 Å². The summed E-state index contributed by atoms with van der Waals surface area (Å²) in [6, 6.07) is 5.13. The molecule has 0 radical (unpaired) electrons. The van der Waals surface area contributed by atoms with Crippen molar-refractivity contribution in [2.75, 3.05) is 19.5 Å². The molecule has 2 aromatic rings. The summed E-state index contributed by atoms with van der Waals surface area (Å²) < 4.78 is 10.1. The number of hydrogen-bond donors (Lipinski definition) is 1. The molecule has 0 spiro atoms. The monoisotopic (exact) mass is 312 g/mol. The number of carbonyl (C=O) groups excluding carboxylic acids is 1. The predicted molar refractivity (Wildman–Crippen MR) is 79.5 cm³/mol. The lowest BCUT2D eigenvalue weighted by molar-refractivity contribution is 0.0532. The lowest BCUT2D eigenvalue weighted by Gasteiger charge is -2.06. The molecule has 106 valence electrons. The van der Waals surface area contributed by atoms with Crippen molar-refractivity contribution in [1.29, 1.82) is 0 Å². The van der Waals surface area contributed by atoms with Gasteiger partial charge < -0.3 is 15.2 Å². The molecule has 0 aliphatic carbocycles. The van der Waals surface area contributed by atoms with Crippen molar-refractivity contribution in [3.63, 3.8) is 0 Å². The van der Waals surface area contributed by atoms with Gasteiger partial charge in [-0.15, -0.1) is 0 Å². The number of rotatable bonds is 4. The number of nitrogens with zero attached hydrogens (tertiary/aromatic N) is 1. The van der Waals surface area contributed by atoms with Gasteiger partial charge in [-0.1, -0.05) is 22.9 Å². The number of nitrogen functional groups attached to an aromatic ring is 1. The van der Waals surface area contributed by atoms with E-state index in [0.29, 0.717) is 26.9 Å². The number of esters is 1. The van der Waals surface area contributed by atoms with Crippen molar-refractivity contribution in [3.05, 3.63) is 28.1 Å². The van der Waals surface area contributed by atoms with E-state index in [1.54, 1.807) is 32.2 Å². The summed E-state index contributed by atoms with van der Waals surface area (Å²) in [5.41, 5.74) is 6.73. The quantitative estimate of drug-likeness (QED) is 0.877. The number of thiazole rings is 1. The molecule has 1 aromatic carbocycles. The molecule has 0 fully saturated rings. The van der Waals surface area contributed by atoms with E-state index in [9.17, 15) is 4.79 Å². The number of nitrogens with two attached hydrogens (primary N) is 1. The van der Waals surface area contributed by atoms with Gasteiger partial charge in [0.2, 0.25) is 0 Å². The Morgan fingerprint density at radius 2 is 2.25 bits per heavy atom. The van der Waals surface area contributed by atoms with Crippen LogP contribution in [0.2, 0.25) is 5.02 Å². The van der Waals surface area contributed by atoms with E-state index in [1.165, 1.54) is 0 Å². The number of halogens is 1. The summed E-state index contributed by atoms with van der Waals surface area (Å²) in [7, 11) is 1.55. The number of anilines is 1. The summed E-state index contributed by atoms with van der Waals surface area (Å²) in [6.45, 7) is 2.02. The zero-order chi connectivity index (χ0) is 14.7. The molecule has 7 heteroatoms. The minimum Gasteiger partial charge on any atom is -0.497 e. The SMILES string of the molecule is CCOC(=O)c1sc(N)nc1-c1ccc(OC)cc1Cl. The first-order valence-electron chi connectivity index (χ1n) is 5.84. The van der Waals surface area contributed by atoms with Crippen LogP contribution < -0.4 is 10.5 Å². The minimum atomic E-state index is -0.455. The number of benzene rings is 1. The van der Waals surface area contributed by atoms with E-state index < -0.39 is 5.97 Å². The minimum absolute atomic E-state index is 0.284. The van der Waals surface area contributed by atoms with E-state index in [2.05, 4.69) is 4.98 Å². The maximum atomic E-state index is 11.9. The fraction of sp³-hybridized carbons (Fsp3) is 0.231. The van der Waals surface area contributed by atoms with E-state index in [4.69, 9.17) is 26.8 Å². The van der Waals surface area contributed by atoms with E-state index in [-0.39, 0.29) is 11.7 Å². The normalized spacial score (nSPS) is 10.3. The number of ether oxygens (including phenoxy) is 2. The van der Waals surface area contributed by atoms with Crippen LogP contribution >= 0.6 is 22.9 Å². The lowest BCUT2D eigenvalue weighted by Crippen LogP contribution is -2.04. The van der Waals surface area contributed by atoms with Crippen LogP contribution in [-0.4, -0.2) is 24.7 Å². The zero-order valence-electron chi connectivity index (χ0n) is 11.0. The molecule has 2 rings (SSSR count). The van der Waals surface area contributed by atoms with Crippen molar-refractivity contribution in [2.45, 2.75) is 6.92 Å². The standard InChI is InChI=1S/C13H13ClN2O3S/c1-3-19-12(17)11-10(16-13(15)20-11)8-5-4-7(18-2)6-9(8)14/h4-6H,3H2,1-2H3,(H2,15,16). The maximum Gasteiger partial charge on any atom is 0.350 e. The molecule has 0 saturated heterocycles. The summed E-state index contributed by atoms with van der Waals surface area (Å²) in [4.78, 5) is 16.4. The number of aromatic nitrogens is 1. The Bertz CT molecular complexity index is 643. The Labute approximate surface area is 125 Å². The van der Waals surface area contributed by atoms with Gasteiger partial charge in [-0.25, -0.2) is 9.78 Å². The highest BCUT2D eigenvalue weighted by Gasteiger charge is 2.21. The third-order valence-electron chi connectivity index (χ3n) is 2.54. The average Bonchev–Trinajstić information content (AvgIpc) is 2.80. The van der Waals surface area contributed by atoms with Gasteiger partial charge in [0.15, 0.2) is 5.13 Å². The Kier molecular flexibility index (Phi) is 4.46. The van der Waals surface area contributed by atoms with Crippen LogP contribution in [-0.2, 0) is 4.74 Å². The molecule has 0 bridgehead atoms. The van der Waals surface area contributed by atoms with E-state index in [1.807, 2.05) is 0 Å². The Morgan fingerprint density at radius 3 is 2.85 bits per heavy atom. The molecule has 0 aliphatic rings. The van der Waals surface area contributed by atoms with Crippen molar-refractivity contribution >= 4 is 34.0 Å². The van der Waals surface area contributed by atoms with Crippen molar-refractivity contribution in [2.24, 2.45) is 0 Å². The van der Waals surface area contributed by atoms with Crippen molar-refractivity contribution in [3.8, 4) is 17.0 Å². The van der Waals surface area contributed by atoms with Crippen molar-refractivity contribution in [1.82, 2.24) is 4.98 Å². The Hall–Kier alpha value is -1.79. The predicted octanol–water partition coefficient (Wildman–Crippen LogP) is 3.23. The van der Waals surface area contributed by atoms with Crippen LogP contribution in [0.15, 0.2) is 18.2 Å². The summed E-state index contributed by atoms with van der Waals surface area (Å²) in [6.07, 6.45) is 0. The Balaban J connectivity index is 2.50. The first-order chi connectivity index (χ1) is 9.56. The number of carbonyl (C=O) groups is 1. The van der Waals surface area contributed by atoms with Crippen LogP contribution in [0.1, 0.15) is 16.6 Å². The molecular formula is C13H13ClN2O3S. The molecule has 1 aromatic heterocycles. The van der Waals surface area contributed by atoms with Gasteiger partial charge in [0, 0.05) is 5.56 Å². The molecule has 0 amide bonds. The van der Waals surface area contributed by atoms with Gasteiger partial charge in [-0.3, -0.25) is 0 Å². The highest BCUT2D eigenvalue weighted by molar-refractivity contribution is 7.17. The number of hydrogen-bond acceptors (Lipinski definition) is 6. The van der Waals surface area contributed by atoms with Gasteiger partial charge in [0.05, 0.1) is 24.4 Å². The first-order valence-corrected chi connectivity index (χ1v) is 7.03. The molecule has 0 atom stereocenters. The van der Waals surface area contributed by atoms with Crippen molar-refractivity contribution < 1.29 is 14.3 Å². The highest BCUT2D eigenvalue weighted by Crippen LogP contribution is 2.36. The van der Waals surface area contributed by atoms with Crippen LogP contribution in [0.5, 0.6) is 5.75 Å². The molecule has 1 heterocycles. The zero-order valence-corrected chi connectivity index (χ0v) is 12.5. The highest BCUT2D eigenvalue weighted by atomic mass is 35.5.